The zero-order valence-electron chi connectivity index (χ0n) is 7.20. The van der Waals surface area contributed by atoms with Gasteiger partial charge in [-0.1, -0.05) is 0 Å². The number of ether oxygens (including phenoxy) is 1. The first-order valence-electron chi connectivity index (χ1n) is 3.38. The molecule has 0 aromatic carbocycles. The predicted molar refractivity (Wildman–Crippen MR) is 44.0 cm³/mol. The van der Waals surface area contributed by atoms with Crippen LogP contribution in [-0.4, -0.2) is 46.3 Å². The van der Waals surface area contributed by atoms with E-state index in [0.717, 1.165) is 6.42 Å². The largest absolute Gasteiger partial charge is 0.385 e. The van der Waals surface area contributed by atoms with Crippen LogP contribution in [0.4, 0.5) is 0 Å². The van der Waals surface area contributed by atoms with Crippen molar-refractivity contribution in [1.82, 2.24) is 4.31 Å². The first kappa shape index (κ1) is 10.9. The van der Waals surface area contributed by atoms with Gasteiger partial charge < -0.3 is 4.74 Å². The van der Waals surface area contributed by atoms with Gasteiger partial charge in [-0.25, -0.2) is 12.7 Å². The summed E-state index contributed by atoms with van der Waals surface area (Å²) in [4.78, 5) is 0. The molecule has 0 amide bonds. The van der Waals surface area contributed by atoms with Crippen LogP contribution in [0.15, 0.2) is 0 Å². The molecule has 0 aliphatic rings. The number of hydrogen-bond acceptors (Lipinski definition) is 3. The average molecular weight is 181 g/mol. The van der Waals surface area contributed by atoms with Gasteiger partial charge in [0, 0.05) is 27.3 Å². The van der Waals surface area contributed by atoms with Crippen LogP contribution in [0.2, 0.25) is 0 Å². The Balaban J connectivity index is 3.62. The summed E-state index contributed by atoms with van der Waals surface area (Å²) >= 11 is 0. The van der Waals surface area contributed by atoms with Crippen LogP contribution in [0.3, 0.4) is 0 Å². The number of nitrogens with zero attached hydrogens (tertiary/aromatic N) is 1. The van der Waals surface area contributed by atoms with Crippen molar-refractivity contribution >= 4 is 10.0 Å². The monoisotopic (exact) mass is 181 g/mol. The molecule has 0 aromatic rings. The van der Waals surface area contributed by atoms with E-state index in [1.165, 1.54) is 10.6 Å². The van der Waals surface area contributed by atoms with E-state index in [9.17, 15) is 8.42 Å². The zero-order valence-corrected chi connectivity index (χ0v) is 8.02. The highest BCUT2D eigenvalue weighted by Gasteiger charge is 2.08. The number of methoxy groups -OCH3 is 1. The van der Waals surface area contributed by atoms with E-state index in [2.05, 4.69) is 0 Å². The number of rotatable bonds is 5. The van der Waals surface area contributed by atoms with E-state index in [-0.39, 0.29) is 0 Å². The lowest BCUT2D eigenvalue weighted by Gasteiger charge is -2.12. The van der Waals surface area contributed by atoms with E-state index < -0.39 is 10.0 Å². The summed E-state index contributed by atoms with van der Waals surface area (Å²) in [5.41, 5.74) is 0. The van der Waals surface area contributed by atoms with E-state index in [1.807, 2.05) is 0 Å². The Morgan fingerprint density at radius 3 is 2.36 bits per heavy atom. The normalized spacial score (nSPS) is 12.4. The lowest BCUT2D eigenvalue weighted by molar-refractivity contribution is 0.189. The third-order valence-corrected chi connectivity index (χ3v) is 2.70. The predicted octanol–water partition coefficient (Wildman–Crippen LogP) is -0.0857. The Labute approximate surface area is 68.2 Å². The third-order valence-electron chi connectivity index (χ3n) is 1.39. The van der Waals surface area contributed by atoms with Gasteiger partial charge in [0.05, 0.1) is 6.26 Å². The van der Waals surface area contributed by atoms with Crippen molar-refractivity contribution in [3.63, 3.8) is 0 Å². The first-order chi connectivity index (χ1) is 4.98. The lowest BCUT2D eigenvalue weighted by Crippen LogP contribution is -2.27. The highest BCUT2D eigenvalue weighted by atomic mass is 32.2. The first-order valence-corrected chi connectivity index (χ1v) is 5.23. The van der Waals surface area contributed by atoms with Gasteiger partial charge in [-0.05, 0) is 6.42 Å². The highest BCUT2D eigenvalue weighted by molar-refractivity contribution is 7.88. The van der Waals surface area contributed by atoms with Crippen LogP contribution < -0.4 is 0 Å². The topological polar surface area (TPSA) is 46.6 Å². The quantitative estimate of drug-likeness (QED) is 0.557. The molecule has 0 heterocycles. The minimum Gasteiger partial charge on any atom is -0.385 e. The molecule has 0 rings (SSSR count). The lowest BCUT2D eigenvalue weighted by atomic mass is 10.5. The average Bonchev–Trinajstić information content (AvgIpc) is 1.86. The minimum absolute atomic E-state index is 0.521. The molecule has 0 radical (unpaired) electrons. The van der Waals surface area contributed by atoms with Crippen molar-refractivity contribution in [3.8, 4) is 0 Å². The Morgan fingerprint density at radius 2 is 2.00 bits per heavy atom. The molecule has 0 atom stereocenters. The molecule has 0 spiro atoms. The Kier molecular flexibility index (Phi) is 4.63. The van der Waals surface area contributed by atoms with Crippen LogP contribution >= 0.6 is 0 Å². The molecule has 0 fully saturated rings. The molecule has 4 nitrogen and oxygen atoms in total. The third kappa shape index (κ3) is 5.17. The van der Waals surface area contributed by atoms with E-state index in [4.69, 9.17) is 4.74 Å². The van der Waals surface area contributed by atoms with Gasteiger partial charge in [-0.2, -0.15) is 0 Å². The second-order valence-corrected chi connectivity index (χ2v) is 4.52. The van der Waals surface area contributed by atoms with E-state index >= 15 is 0 Å². The SMILES string of the molecule is COCCCN(C)S(C)(=O)=O. The summed E-state index contributed by atoms with van der Waals surface area (Å²) in [6.45, 7) is 1.12. The zero-order chi connectivity index (χ0) is 8.91. The fourth-order valence-electron chi connectivity index (χ4n) is 0.597. The van der Waals surface area contributed by atoms with Gasteiger partial charge >= 0.3 is 0 Å². The molecule has 0 saturated carbocycles. The molecule has 0 bridgehead atoms. The molecule has 0 saturated heterocycles. The summed E-state index contributed by atoms with van der Waals surface area (Å²) in [6, 6.07) is 0. The van der Waals surface area contributed by atoms with Gasteiger partial charge in [-0.3, -0.25) is 0 Å². The molecule has 5 heteroatoms. The summed E-state index contributed by atoms with van der Waals surface area (Å²) < 4.78 is 27.7. The Bertz CT molecular complexity index is 188. The van der Waals surface area contributed by atoms with Crippen LogP contribution in [0.25, 0.3) is 0 Å². The smallest absolute Gasteiger partial charge is 0.210 e. The maximum Gasteiger partial charge on any atom is 0.210 e. The molecule has 0 N–H and O–H groups in total. The summed E-state index contributed by atoms with van der Waals surface area (Å²) in [5, 5.41) is 0. The molecular weight excluding hydrogens is 166 g/mol. The molecule has 68 valence electrons. The highest BCUT2D eigenvalue weighted by Crippen LogP contribution is 1.94. The number of hydrogen-bond donors (Lipinski definition) is 0. The fraction of sp³-hybridized carbons (Fsp3) is 1.00. The minimum atomic E-state index is -3.01. The summed E-state index contributed by atoms with van der Waals surface area (Å²) in [6.07, 6.45) is 1.93. The molecular formula is C6H15NO3S. The van der Waals surface area contributed by atoms with Crippen LogP contribution in [-0.2, 0) is 14.8 Å². The van der Waals surface area contributed by atoms with Crippen LogP contribution in [0, 0.1) is 0 Å². The molecule has 0 unspecified atom stereocenters. The molecule has 0 aliphatic carbocycles. The second-order valence-electron chi connectivity index (χ2n) is 2.43. The van der Waals surface area contributed by atoms with Gasteiger partial charge in [0.2, 0.25) is 10.0 Å². The summed E-state index contributed by atoms with van der Waals surface area (Å²) in [5.74, 6) is 0. The van der Waals surface area contributed by atoms with Crippen molar-refractivity contribution < 1.29 is 13.2 Å². The second kappa shape index (κ2) is 4.69. The Hall–Kier alpha value is -0.130. The Morgan fingerprint density at radius 1 is 1.45 bits per heavy atom. The maximum absolute atomic E-state index is 10.8. The van der Waals surface area contributed by atoms with Gasteiger partial charge in [0.1, 0.15) is 0 Å². The standard InChI is InChI=1S/C6H15NO3S/c1-7(11(3,8)9)5-4-6-10-2/h4-6H2,1-3H3. The fourth-order valence-corrected chi connectivity index (χ4v) is 1.06. The van der Waals surface area contributed by atoms with Gasteiger partial charge in [0.25, 0.3) is 0 Å². The van der Waals surface area contributed by atoms with Gasteiger partial charge in [0.15, 0.2) is 0 Å². The van der Waals surface area contributed by atoms with E-state index in [1.54, 1.807) is 14.2 Å². The van der Waals surface area contributed by atoms with Crippen molar-refractivity contribution in [3.05, 3.63) is 0 Å². The number of sulfonamides is 1. The van der Waals surface area contributed by atoms with Crippen LogP contribution in [0.5, 0.6) is 0 Å². The van der Waals surface area contributed by atoms with Crippen molar-refractivity contribution in [1.29, 1.82) is 0 Å². The summed E-state index contributed by atoms with van der Waals surface area (Å²) in [7, 11) is 0.153. The van der Waals surface area contributed by atoms with E-state index in [0.29, 0.717) is 13.2 Å². The molecule has 11 heavy (non-hydrogen) atoms. The van der Waals surface area contributed by atoms with Crippen molar-refractivity contribution in [2.24, 2.45) is 0 Å². The van der Waals surface area contributed by atoms with Gasteiger partial charge in [-0.15, -0.1) is 0 Å². The molecule has 0 aliphatic heterocycles. The maximum atomic E-state index is 10.8. The molecule has 0 aromatic heterocycles. The van der Waals surface area contributed by atoms with Crippen molar-refractivity contribution in [2.45, 2.75) is 6.42 Å². The van der Waals surface area contributed by atoms with Crippen LogP contribution in [0.1, 0.15) is 6.42 Å². The van der Waals surface area contributed by atoms with Crippen molar-refractivity contribution in [2.75, 3.05) is 33.6 Å².